The van der Waals surface area contributed by atoms with E-state index in [9.17, 15) is 0 Å². The Labute approximate surface area is 122 Å². The maximum atomic E-state index is 5.75. The van der Waals surface area contributed by atoms with Crippen LogP contribution in [0.3, 0.4) is 0 Å². The number of aryl methyl sites for hydroxylation is 1. The summed E-state index contributed by atoms with van der Waals surface area (Å²) in [5.41, 5.74) is 2.02. The van der Waals surface area contributed by atoms with Gasteiger partial charge in [-0.1, -0.05) is 13.8 Å². The maximum Gasteiger partial charge on any atom is 0.213 e. The molecule has 114 valence electrons. The summed E-state index contributed by atoms with van der Waals surface area (Å²) in [5.74, 6) is 0.692. The van der Waals surface area contributed by atoms with Crippen LogP contribution in [-0.2, 0) is 11.3 Å². The number of methoxy groups -OCH3 is 1. The first-order valence-corrected chi connectivity index (χ1v) is 7.21. The Balaban J connectivity index is 2.57. The summed E-state index contributed by atoms with van der Waals surface area (Å²) in [6.07, 6.45) is 0.832. The van der Waals surface area contributed by atoms with Crippen molar-refractivity contribution in [3.8, 4) is 5.88 Å². The quantitative estimate of drug-likeness (QED) is 0.794. The normalized spacial score (nSPS) is 11.9. The lowest BCUT2D eigenvalue weighted by atomic mass is 10.1. The summed E-state index contributed by atoms with van der Waals surface area (Å²) in [4.78, 5) is 4.42. The van der Waals surface area contributed by atoms with Gasteiger partial charge in [-0.15, -0.1) is 0 Å². The van der Waals surface area contributed by atoms with Crippen LogP contribution in [0.4, 0.5) is 0 Å². The van der Waals surface area contributed by atoms with Crippen LogP contribution >= 0.6 is 0 Å². The molecule has 4 heteroatoms. The molecule has 20 heavy (non-hydrogen) atoms. The van der Waals surface area contributed by atoms with Crippen molar-refractivity contribution in [3.63, 3.8) is 0 Å². The Morgan fingerprint density at radius 2 is 2.00 bits per heavy atom. The van der Waals surface area contributed by atoms with Crippen LogP contribution in [0.1, 0.15) is 45.4 Å². The molecule has 0 aromatic carbocycles. The van der Waals surface area contributed by atoms with Crippen LogP contribution in [-0.4, -0.2) is 30.3 Å². The van der Waals surface area contributed by atoms with Gasteiger partial charge in [0.1, 0.15) is 0 Å². The van der Waals surface area contributed by atoms with Gasteiger partial charge in [0.05, 0.1) is 12.2 Å². The molecule has 1 N–H and O–H groups in total. The molecule has 0 unspecified atom stereocenters. The molecule has 0 aliphatic carbocycles. The molecule has 1 aromatic rings. The van der Waals surface area contributed by atoms with Gasteiger partial charge >= 0.3 is 0 Å². The highest BCUT2D eigenvalue weighted by Gasteiger charge is 2.16. The molecule has 1 aromatic heterocycles. The van der Waals surface area contributed by atoms with Crippen LogP contribution in [0.25, 0.3) is 0 Å². The number of ether oxygens (including phenoxy) is 2. The number of aromatic nitrogens is 1. The number of pyridine rings is 1. The molecule has 0 fully saturated rings. The highest BCUT2D eigenvalue weighted by molar-refractivity contribution is 5.24. The average molecular weight is 280 g/mol. The summed E-state index contributed by atoms with van der Waals surface area (Å²) >= 11 is 0. The van der Waals surface area contributed by atoms with E-state index in [2.05, 4.69) is 44.1 Å². The van der Waals surface area contributed by atoms with E-state index in [-0.39, 0.29) is 5.60 Å². The molecule has 0 saturated heterocycles. The second-order valence-corrected chi connectivity index (χ2v) is 6.05. The van der Waals surface area contributed by atoms with E-state index in [0.717, 1.165) is 18.7 Å². The van der Waals surface area contributed by atoms with Crippen molar-refractivity contribution < 1.29 is 9.47 Å². The molecule has 1 rings (SSSR count). The Hall–Kier alpha value is -1.13. The van der Waals surface area contributed by atoms with Gasteiger partial charge in [0, 0.05) is 37.9 Å². The number of nitrogens with one attached hydrogen (secondary N) is 1. The fraction of sp³-hybridized carbons (Fsp3) is 0.688. The highest BCUT2D eigenvalue weighted by Crippen LogP contribution is 2.16. The van der Waals surface area contributed by atoms with Crippen molar-refractivity contribution in [2.75, 3.05) is 13.7 Å². The Bertz CT molecular complexity index is 417. The third-order valence-corrected chi connectivity index (χ3v) is 3.21. The van der Waals surface area contributed by atoms with Gasteiger partial charge in [-0.25, -0.2) is 4.98 Å². The van der Waals surface area contributed by atoms with Crippen LogP contribution < -0.4 is 10.1 Å². The molecular weight excluding hydrogens is 252 g/mol. The first kappa shape index (κ1) is 16.9. The van der Waals surface area contributed by atoms with Gasteiger partial charge in [0.25, 0.3) is 0 Å². The Morgan fingerprint density at radius 3 is 2.60 bits per heavy atom. The van der Waals surface area contributed by atoms with Crippen LogP contribution in [0.2, 0.25) is 0 Å². The van der Waals surface area contributed by atoms with Gasteiger partial charge in [0.15, 0.2) is 0 Å². The smallest absolute Gasteiger partial charge is 0.213 e. The van der Waals surface area contributed by atoms with Gasteiger partial charge < -0.3 is 14.8 Å². The molecule has 0 aliphatic rings. The SMILES string of the molecule is COC(C)(C)CCOc1cc(CNC(C)C)cc(C)n1. The van der Waals surface area contributed by atoms with E-state index < -0.39 is 0 Å². The number of hydrogen-bond donors (Lipinski definition) is 1. The summed E-state index contributed by atoms with van der Waals surface area (Å²) in [6.45, 7) is 11.8. The molecule has 0 spiro atoms. The maximum absolute atomic E-state index is 5.75. The van der Waals surface area contributed by atoms with Crippen LogP contribution in [0.5, 0.6) is 5.88 Å². The summed E-state index contributed by atoms with van der Waals surface area (Å²) in [7, 11) is 1.72. The lowest BCUT2D eigenvalue weighted by molar-refractivity contribution is 0.00507. The van der Waals surface area contributed by atoms with E-state index in [1.807, 2.05) is 13.0 Å². The van der Waals surface area contributed by atoms with E-state index in [0.29, 0.717) is 18.5 Å². The minimum absolute atomic E-state index is 0.161. The predicted octanol–water partition coefficient (Wildman–Crippen LogP) is 3.08. The molecule has 0 saturated carbocycles. The van der Waals surface area contributed by atoms with Crippen molar-refractivity contribution in [1.82, 2.24) is 10.3 Å². The van der Waals surface area contributed by atoms with E-state index in [1.165, 1.54) is 5.56 Å². The molecule has 1 heterocycles. The lowest BCUT2D eigenvalue weighted by Crippen LogP contribution is -2.25. The number of rotatable bonds is 8. The first-order valence-electron chi connectivity index (χ1n) is 7.21. The largest absolute Gasteiger partial charge is 0.478 e. The second kappa shape index (κ2) is 7.60. The zero-order valence-electron chi connectivity index (χ0n) is 13.6. The van der Waals surface area contributed by atoms with Crippen molar-refractivity contribution in [1.29, 1.82) is 0 Å². The minimum Gasteiger partial charge on any atom is -0.478 e. The van der Waals surface area contributed by atoms with Crippen LogP contribution in [0, 0.1) is 6.92 Å². The predicted molar refractivity (Wildman–Crippen MR) is 82.1 cm³/mol. The van der Waals surface area contributed by atoms with E-state index in [4.69, 9.17) is 9.47 Å². The molecular formula is C16H28N2O2. The summed E-state index contributed by atoms with van der Waals surface area (Å²) in [5, 5.41) is 3.40. The van der Waals surface area contributed by atoms with Gasteiger partial charge in [-0.2, -0.15) is 0 Å². The molecule has 0 amide bonds. The van der Waals surface area contributed by atoms with Crippen molar-refractivity contribution in [2.24, 2.45) is 0 Å². The fourth-order valence-electron chi connectivity index (χ4n) is 1.71. The van der Waals surface area contributed by atoms with E-state index in [1.54, 1.807) is 7.11 Å². The number of nitrogens with zero attached hydrogens (tertiary/aromatic N) is 1. The summed E-state index contributed by atoms with van der Waals surface area (Å²) in [6, 6.07) is 4.55. The van der Waals surface area contributed by atoms with Gasteiger partial charge in [0.2, 0.25) is 5.88 Å². The van der Waals surface area contributed by atoms with Gasteiger partial charge in [-0.3, -0.25) is 0 Å². The summed E-state index contributed by atoms with van der Waals surface area (Å²) < 4.78 is 11.1. The second-order valence-electron chi connectivity index (χ2n) is 6.05. The van der Waals surface area contributed by atoms with Crippen molar-refractivity contribution in [3.05, 3.63) is 23.4 Å². The molecule has 0 bridgehead atoms. The zero-order valence-corrected chi connectivity index (χ0v) is 13.6. The standard InChI is InChI=1S/C16H28N2O2/c1-12(2)17-11-14-9-13(3)18-15(10-14)20-8-7-16(4,5)19-6/h9-10,12,17H,7-8,11H2,1-6H3. The molecule has 0 aliphatic heterocycles. The zero-order chi connectivity index (χ0) is 15.2. The number of hydrogen-bond acceptors (Lipinski definition) is 4. The monoisotopic (exact) mass is 280 g/mol. The van der Waals surface area contributed by atoms with Crippen LogP contribution in [0.15, 0.2) is 12.1 Å². The highest BCUT2D eigenvalue weighted by atomic mass is 16.5. The average Bonchev–Trinajstić information content (AvgIpc) is 2.35. The van der Waals surface area contributed by atoms with Crippen molar-refractivity contribution >= 4 is 0 Å². The Kier molecular flexibility index (Phi) is 6.43. The topological polar surface area (TPSA) is 43.4 Å². The minimum atomic E-state index is -0.161. The van der Waals surface area contributed by atoms with Gasteiger partial charge in [-0.05, 0) is 32.4 Å². The third kappa shape index (κ3) is 6.35. The lowest BCUT2D eigenvalue weighted by Gasteiger charge is -2.22. The molecule has 0 radical (unpaired) electrons. The third-order valence-electron chi connectivity index (χ3n) is 3.21. The molecule has 0 atom stereocenters. The van der Waals surface area contributed by atoms with E-state index >= 15 is 0 Å². The fourth-order valence-corrected chi connectivity index (χ4v) is 1.71. The Morgan fingerprint density at radius 1 is 1.30 bits per heavy atom. The molecule has 4 nitrogen and oxygen atoms in total. The van der Waals surface area contributed by atoms with Crippen molar-refractivity contribution in [2.45, 2.75) is 59.2 Å². The first-order chi connectivity index (χ1) is 9.32.